The molecule has 1 aromatic rings. The molecule has 1 saturated carbocycles. The van der Waals surface area contributed by atoms with Gasteiger partial charge in [0.1, 0.15) is 5.54 Å². The number of carbonyl (C=O) groups is 3. The summed E-state index contributed by atoms with van der Waals surface area (Å²) in [6, 6.07) is 6.01. The Kier molecular flexibility index (Phi) is 3.60. The fourth-order valence-electron chi connectivity index (χ4n) is 4.06. The minimum absolute atomic E-state index is 0.0585. The predicted octanol–water partition coefficient (Wildman–Crippen LogP) is 1.61. The maximum absolute atomic E-state index is 12.8. The summed E-state index contributed by atoms with van der Waals surface area (Å²) in [7, 11) is 0. The predicted molar refractivity (Wildman–Crippen MR) is 92.0 cm³/mol. The standard InChI is InChI=1S/C19H23N3O3/c1-11-3-4-13(9-12(11)2)14-10-15(14)16(23)22-7-5-19(6-8-22)17(24)20-18(25)21-19/h3-4,9,14-15H,5-8,10H2,1-2H3,(H2,20,21,24,25). The number of rotatable bonds is 2. The van der Waals surface area contributed by atoms with Gasteiger partial charge in [0.25, 0.3) is 5.91 Å². The van der Waals surface area contributed by atoms with Gasteiger partial charge in [0, 0.05) is 19.0 Å². The van der Waals surface area contributed by atoms with Gasteiger partial charge in [-0.2, -0.15) is 0 Å². The first kappa shape index (κ1) is 16.1. The van der Waals surface area contributed by atoms with E-state index in [4.69, 9.17) is 0 Å². The summed E-state index contributed by atoms with van der Waals surface area (Å²) in [5, 5.41) is 5.03. The molecule has 2 aliphatic heterocycles. The van der Waals surface area contributed by atoms with Gasteiger partial charge in [-0.1, -0.05) is 18.2 Å². The first-order valence-corrected chi connectivity index (χ1v) is 8.89. The SMILES string of the molecule is Cc1ccc(C2CC2C(=O)N2CCC3(CC2)NC(=O)NC3=O)cc1C. The van der Waals surface area contributed by atoms with Gasteiger partial charge in [0.15, 0.2) is 0 Å². The molecule has 2 heterocycles. The van der Waals surface area contributed by atoms with Gasteiger partial charge >= 0.3 is 6.03 Å². The van der Waals surface area contributed by atoms with Crippen LogP contribution in [0.25, 0.3) is 0 Å². The lowest BCUT2D eigenvalue weighted by molar-refractivity contribution is -0.137. The molecule has 2 unspecified atom stereocenters. The molecule has 6 heteroatoms. The van der Waals surface area contributed by atoms with Crippen molar-refractivity contribution in [3.8, 4) is 0 Å². The second-order valence-electron chi connectivity index (χ2n) is 7.61. The quantitative estimate of drug-likeness (QED) is 0.802. The van der Waals surface area contributed by atoms with E-state index in [1.807, 2.05) is 4.90 Å². The lowest BCUT2D eigenvalue weighted by Crippen LogP contribution is -2.56. The van der Waals surface area contributed by atoms with Crippen LogP contribution in [0, 0.1) is 19.8 Å². The van der Waals surface area contributed by atoms with E-state index in [0.717, 1.165) is 6.42 Å². The molecule has 2 N–H and O–H groups in total. The molecule has 6 nitrogen and oxygen atoms in total. The minimum atomic E-state index is -0.815. The second kappa shape index (κ2) is 5.58. The number of urea groups is 1. The molecule has 4 rings (SSSR count). The topological polar surface area (TPSA) is 78.5 Å². The number of nitrogens with zero attached hydrogens (tertiary/aromatic N) is 1. The second-order valence-corrected chi connectivity index (χ2v) is 7.61. The van der Waals surface area contributed by atoms with E-state index in [1.54, 1.807) is 0 Å². The van der Waals surface area contributed by atoms with Gasteiger partial charge in [-0.3, -0.25) is 14.9 Å². The lowest BCUT2D eigenvalue weighted by atomic mass is 9.87. The Hall–Kier alpha value is -2.37. The summed E-state index contributed by atoms with van der Waals surface area (Å²) < 4.78 is 0. The highest BCUT2D eigenvalue weighted by molar-refractivity contribution is 6.07. The molecule has 2 atom stereocenters. The normalized spacial score (nSPS) is 27.2. The third kappa shape index (κ3) is 2.69. The van der Waals surface area contributed by atoms with E-state index >= 15 is 0 Å². The molecule has 0 radical (unpaired) electrons. The number of nitrogens with one attached hydrogen (secondary N) is 2. The molecule has 3 fully saturated rings. The van der Waals surface area contributed by atoms with E-state index in [0.29, 0.717) is 31.8 Å². The number of benzene rings is 1. The van der Waals surface area contributed by atoms with Crippen LogP contribution in [0.1, 0.15) is 41.9 Å². The Labute approximate surface area is 147 Å². The van der Waals surface area contributed by atoms with Crippen LogP contribution in [-0.2, 0) is 9.59 Å². The molecule has 0 bridgehead atoms. The molecule has 3 aliphatic rings. The zero-order valence-electron chi connectivity index (χ0n) is 14.6. The maximum atomic E-state index is 12.8. The summed E-state index contributed by atoms with van der Waals surface area (Å²) in [4.78, 5) is 38.0. The van der Waals surface area contributed by atoms with Gasteiger partial charge in [-0.15, -0.1) is 0 Å². The molecule has 0 aromatic heterocycles. The monoisotopic (exact) mass is 341 g/mol. The van der Waals surface area contributed by atoms with Gasteiger partial charge in [-0.05, 0) is 55.7 Å². The first-order chi connectivity index (χ1) is 11.9. The largest absolute Gasteiger partial charge is 0.342 e. The Morgan fingerprint density at radius 2 is 1.88 bits per heavy atom. The highest BCUT2D eigenvalue weighted by atomic mass is 16.2. The molecule has 132 valence electrons. The van der Waals surface area contributed by atoms with Crippen LogP contribution in [0.2, 0.25) is 0 Å². The number of hydrogen-bond acceptors (Lipinski definition) is 3. The van der Waals surface area contributed by atoms with Crippen molar-refractivity contribution in [2.45, 2.75) is 44.6 Å². The van der Waals surface area contributed by atoms with Crippen LogP contribution in [0.3, 0.4) is 0 Å². The zero-order chi connectivity index (χ0) is 17.8. The van der Waals surface area contributed by atoms with Crippen molar-refractivity contribution in [3.05, 3.63) is 34.9 Å². The number of hydrogen-bond donors (Lipinski definition) is 2. The first-order valence-electron chi connectivity index (χ1n) is 8.89. The van der Waals surface area contributed by atoms with Crippen molar-refractivity contribution in [3.63, 3.8) is 0 Å². The molecule has 2 saturated heterocycles. The summed E-state index contributed by atoms with van der Waals surface area (Å²) in [6.45, 7) is 5.23. The summed E-state index contributed by atoms with van der Waals surface area (Å²) >= 11 is 0. The summed E-state index contributed by atoms with van der Waals surface area (Å²) in [6.07, 6.45) is 1.87. The van der Waals surface area contributed by atoms with E-state index in [-0.39, 0.29) is 17.7 Å². The van der Waals surface area contributed by atoms with E-state index < -0.39 is 11.6 Å². The highest BCUT2D eigenvalue weighted by Crippen LogP contribution is 2.49. The lowest BCUT2D eigenvalue weighted by Gasteiger charge is -2.37. The summed E-state index contributed by atoms with van der Waals surface area (Å²) in [5.74, 6) is 0.298. The number of aryl methyl sites for hydroxylation is 2. The van der Waals surface area contributed by atoms with Crippen LogP contribution in [0.15, 0.2) is 18.2 Å². The van der Waals surface area contributed by atoms with Gasteiger partial charge < -0.3 is 10.2 Å². The van der Waals surface area contributed by atoms with Crippen LogP contribution in [0.5, 0.6) is 0 Å². The number of imide groups is 1. The van der Waals surface area contributed by atoms with Gasteiger partial charge in [0.2, 0.25) is 5.91 Å². The Bertz CT molecular complexity index is 765. The zero-order valence-corrected chi connectivity index (χ0v) is 14.6. The average Bonchev–Trinajstić information content (AvgIpc) is 3.32. The molecular weight excluding hydrogens is 318 g/mol. The fourth-order valence-corrected chi connectivity index (χ4v) is 4.06. The van der Waals surface area contributed by atoms with Crippen LogP contribution in [0.4, 0.5) is 4.79 Å². The average molecular weight is 341 g/mol. The molecule has 1 aromatic carbocycles. The Morgan fingerprint density at radius 3 is 2.48 bits per heavy atom. The van der Waals surface area contributed by atoms with Crippen molar-refractivity contribution in [2.24, 2.45) is 5.92 Å². The molecule has 1 spiro atoms. The van der Waals surface area contributed by atoms with Crippen LogP contribution in [-0.4, -0.2) is 41.4 Å². The maximum Gasteiger partial charge on any atom is 0.322 e. The van der Waals surface area contributed by atoms with Crippen molar-refractivity contribution >= 4 is 17.8 Å². The molecule has 1 aliphatic carbocycles. The third-order valence-electron chi connectivity index (χ3n) is 6.01. The van der Waals surface area contributed by atoms with E-state index in [2.05, 4.69) is 42.7 Å². The van der Waals surface area contributed by atoms with E-state index in [9.17, 15) is 14.4 Å². The molecular formula is C19H23N3O3. The van der Waals surface area contributed by atoms with Crippen molar-refractivity contribution < 1.29 is 14.4 Å². The van der Waals surface area contributed by atoms with Crippen LogP contribution < -0.4 is 10.6 Å². The fraction of sp³-hybridized carbons (Fsp3) is 0.526. The highest BCUT2D eigenvalue weighted by Gasteiger charge is 2.51. The van der Waals surface area contributed by atoms with Crippen LogP contribution >= 0.6 is 0 Å². The third-order valence-corrected chi connectivity index (χ3v) is 6.01. The molecule has 4 amide bonds. The number of piperidine rings is 1. The van der Waals surface area contributed by atoms with Crippen molar-refractivity contribution in [1.29, 1.82) is 0 Å². The number of amides is 4. The van der Waals surface area contributed by atoms with Crippen molar-refractivity contribution in [2.75, 3.05) is 13.1 Å². The Balaban J connectivity index is 1.38. The Morgan fingerprint density at radius 1 is 1.16 bits per heavy atom. The van der Waals surface area contributed by atoms with E-state index in [1.165, 1.54) is 16.7 Å². The minimum Gasteiger partial charge on any atom is -0.342 e. The smallest absolute Gasteiger partial charge is 0.322 e. The number of carbonyl (C=O) groups excluding carboxylic acids is 3. The summed E-state index contributed by atoms with van der Waals surface area (Å²) in [5.41, 5.74) is 2.96. The van der Waals surface area contributed by atoms with Gasteiger partial charge in [0.05, 0.1) is 0 Å². The van der Waals surface area contributed by atoms with Gasteiger partial charge in [-0.25, -0.2) is 4.79 Å². The molecule has 25 heavy (non-hydrogen) atoms. The number of likely N-dealkylation sites (tertiary alicyclic amines) is 1. The van der Waals surface area contributed by atoms with Crippen molar-refractivity contribution in [1.82, 2.24) is 15.5 Å².